The first-order valence-corrected chi connectivity index (χ1v) is 8.03. The van der Waals surface area contributed by atoms with E-state index in [0.29, 0.717) is 11.5 Å². The molecule has 1 saturated carbocycles. The lowest BCUT2D eigenvalue weighted by Crippen LogP contribution is -2.51. The van der Waals surface area contributed by atoms with Gasteiger partial charge in [0.1, 0.15) is 0 Å². The van der Waals surface area contributed by atoms with Crippen molar-refractivity contribution in [1.29, 1.82) is 0 Å². The summed E-state index contributed by atoms with van der Waals surface area (Å²) in [4.78, 5) is 2.74. The fourth-order valence-corrected chi connectivity index (χ4v) is 4.25. The first kappa shape index (κ1) is 14.3. The molecular formula is C16H32N2. The molecule has 2 nitrogen and oxygen atoms in total. The van der Waals surface area contributed by atoms with Gasteiger partial charge in [0, 0.05) is 12.6 Å². The van der Waals surface area contributed by atoms with Crippen LogP contribution in [0.3, 0.4) is 0 Å². The van der Waals surface area contributed by atoms with E-state index in [9.17, 15) is 0 Å². The predicted octanol–water partition coefficient (Wildman–Crippen LogP) is 3.28. The molecule has 1 aliphatic heterocycles. The Morgan fingerprint density at radius 3 is 2.33 bits per heavy atom. The Morgan fingerprint density at radius 1 is 1.06 bits per heavy atom. The monoisotopic (exact) mass is 252 g/mol. The van der Waals surface area contributed by atoms with Crippen LogP contribution in [0.25, 0.3) is 0 Å². The van der Waals surface area contributed by atoms with Gasteiger partial charge in [0.2, 0.25) is 0 Å². The maximum atomic E-state index is 3.62. The van der Waals surface area contributed by atoms with Gasteiger partial charge in [-0.25, -0.2) is 0 Å². The zero-order valence-electron chi connectivity index (χ0n) is 12.7. The summed E-state index contributed by atoms with van der Waals surface area (Å²) in [5.41, 5.74) is 0.476. The average molecular weight is 252 g/mol. The Morgan fingerprint density at radius 2 is 1.72 bits per heavy atom. The van der Waals surface area contributed by atoms with Crippen molar-refractivity contribution in [2.75, 3.05) is 26.7 Å². The van der Waals surface area contributed by atoms with Crippen LogP contribution in [0.1, 0.15) is 58.8 Å². The molecule has 1 N–H and O–H groups in total. The molecule has 2 atom stereocenters. The van der Waals surface area contributed by atoms with Crippen molar-refractivity contribution in [2.24, 2.45) is 11.3 Å². The van der Waals surface area contributed by atoms with Crippen LogP contribution in [0.15, 0.2) is 0 Å². The molecular weight excluding hydrogens is 220 g/mol. The van der Waals surface area contributed by atoms with Crippen LogP contribution >= 0.6 is 0 Å². The standard InChI is InChI=1S/C16H32N2/c1-16(2)10-8-9-14(15(16)17-3)13-18-11-6-4-5-7-12-18/h14-15,17H,4-13H2,1-3H3. The van der Waals surface area contributed by atoms with E-state index >= 15 is 0 Å². The largest absolute Gasteiger partial charge is 0.316 e. The minimum atomic E-state index is 0.476. The minimum absolute atomic E-state index is 0.476. The summed E-state index contributed by atoms with van der Waals surface area (Å²) >= 11 is 0. The lowest BCUT2D eigenvalue weighted by molar-refractivity contribution is 0.0844. The molecule has 1 saturated heterocycles. The topological polar surface area (TPSA) is 15.3 Å². The zero-order valence-corrected chi connectivity index (χ0v) is 12.7. The van der Waals surface area contributed by atoms with E-state index in [0.717, 1.165) is 5.92 Å². The van der Waals surface area contributed by atoms with Crippen molar-refractivity contribution in [3.05, 3.63) is 0 Å². The van der Waals surface area contributed by atoms with E-state index < -0.39 is 0 Å². The van der Waals surface area contributed by atoms with E-state index in [-0.39, 0.29) is 0 Å². The molecule has 0 bridgehead atoms. The van der Waals surface area contributed by atoms with Gasteiger partial charge in [0.25, 0.3) is 0 Å². The fraction of sp³-hybridized carbons (Fsp3) is 1.00. The van der Waals surface area contributed by atoms with E-state index in [1.54, 1.807) is 0 Å². The predicted molar refractivity (Wildman–Crippen MR) is 78.9 cm³/mol. The van der Waals surface area contributed by atoms with Crippen LogP contribution in [-0.4, -0.2) is 37.6 Å². The highest BCUT2D eigenvalue weighted by molar-refractivity contribution is 4.93. The quantitative estimate of drug-likeness (QED) is 0.829. The molecule has 0 radical (unpaired) electrons. The van der Waals surface area contributed by atoms with Crippen molar-refractivity contribution in [3.63, 3.8) is 0 Å². The smallest absolute Gasteiger partial charge is 0.0156 e. The molecule has 2 fully saturated rings. The van der Waals surface area contributed by atoms with Gasteiger partial charge in [-0.05, 0) is 57.2 Å². The molecule has 0 aromatic carbocycles. The molecule has 2 heteroatoms. The Bertz CT molecular complexity index is 241. The normalized spacial score (nSPS) is 34.2. The third-order valence-corrected chi connectivity index (χ3v) is 5.21. The number of rotatable bonds is 3. The third kappa shape index (κ3) is 3.48. The molecule has 106 valence electrons. The van der Waals surface area contributed by atoms with Gasteiger partial charge in [-0.3, -0.25) is 0 Å². The summed E-state index contributed by atoms with van der Waals surface area (Å²) in [5.74, 6) is 0.858. The highest BCUT2D eigenvalue weighted by Gasteiger charge is 2.38. The summed E-state index contributed by atoms with van der Waals surface area (Å²) in [6.07, 6.45) is 9.95. The number of likely N-dealkylation sites (tertiary alicyclic amines) is 1. The van der Waals surface area contributed by atoms with Crippen molar-refractivity contribution in [1.82, 2.24) is 10.2 Å². The fourth-order valence-electron chi connectivity index (χ4n) is 4.25. The maximum absolute atomic E-state index is 3.62. The summed E-state index contributed by atoms with van der Waals surface area (Å²) in [6, 6.07) is 0.703. The summed E-state index contributed by atoms with van der Waals surface area (Å²) in [7, 11) is 2.16. The molecule has 0 spiro atoms. The highest BCUT2D eigenvalue weighted by atomic mass is 15.1. The van der Waals surface area contributed by atoms with Crippen LogP contribution in [0.2, 0.25) is 0 Å². The van der Waals surface area contributed by atoms with Gasteiger partial charge in [-0.2, -0.15) is 0 Å². The molecule has 0 aromatic rings. The number of nitrogens with one attached hydrogen (secondary N) is 1. The van der Waals surface area contributed by atoms with Gasteiger partial charge in [0.05, 0.1) is 0 Å². The number of hydrogen-bond acceptors (Lipinski definition) is 2. The first-order chi connectivity index (χ1) is 8.63. The molecule has 2 unspecified atom stereocenters. The second-order valence-electron chi connectivity index (χ2n) is 7.12. The Labute approximate surface area is 114 Å². The van der Waals surface area contributed by atoms with Crippen molar-refractivity contribution in [2.45, 2.75) is 64.8 Å². The Kier molecular flexibility index (Phi) is 5.08. The van der Waals surface area contributed by atoms with E-state index in [4.69, 9.17) is 0 Å². The minimum Gasteiger partial charge on any atom is -0.316 e. The van der Waals surface area contributed by atoms with Crippen molar-refractivity contribution >= 4 is 0 Å². The second-order valence-corrected chi connectivity index (χ2v) is 7.12. The third-order valence-electron chi connectivity index (χ3n) is 5.21. The molecule has 1 heterocycles. The molecule has 18 heavy (non-hydrogen) atoms. The van der Waals surface area contributed by atoms with Crippen molar-refractivity contribution < 1.29 is 0 Å². The second kappa shape index (κ2) is 6.38. The molecule has 2 aliphatic rings. The number of nitrogens with zero attached hydrogens (tertiary/aromatic N) is 1. The lowest BCUT2D eigenvalue weighted by Gasteiger charge is -2.45. The summed E-state index contributed by atoms with van der Waals surface area (Å²) < 4.78 is 0. The van der Waals surface area contributed by atoms with E-state index in [1.807, 2.05) is 0 Å². The molecule has 1 aliphatic carbocycles. The lowest BCUT2D eigenvalue weighted by atomic mass is 9.68. The van der Waals surface area contributed by atoms with Crippen LogP contribution < -0.4 is 5.32 Å². The van der Waals surface area contributed by atoms with Gasteiger partial charge < -0.3 is 10.2 Å². The van der Waals surface area contributed by atoms with Crippen LogP contribution in [0.4, 0.5) is 0 Å². The average Bonchev–Trinajstić information content (AvgIpc) is 2.57. The van der Waals surface area contributed by atoms with Crippen molar-refractivity contribution in [3.8, 4) is 0 Å². The summed E-state index contributed by atoms with van der Waals surface area (Å²) in [6.45, 7) is 8.90. The van der Waals surface area contributed by atoms with Gasteiger partial charge in [-0.1, -0.05) is 33.1 Å². The van der Waals surface area contributed by atoms with Crippen LogP contribution in [-0.2, 0) is 0 Å². The molecule has 0 amide bonds. The highest BCUT2D eigenvalue weighted by Crippen LogP contribution is 2.39. The SMILES string of the molecule is CNC1C(CN2CCCCCC2)CCCC1(C)C. The van der Waals surface area contributed by atoms with Gasteiger partial charge in [-0.15, -0.1) is 0 Å². The Balaban J connectivity index is 1.93. The first-order valence-electron chi connectivity index (χ1n) is 8.03. The van der Waals surface area contributed by atoms with Gasteiger partial charge >= 0.3 is 0 Å². The maximum Gasteiger partial charge on any atom is 0.0156 e. The van der Waals surface area contributed by atoms with Gasteiger partial charge in [0.15, 0.2) is 0 Å². The molecule has 0 aromatic heterocycles. The molecule has 2 rings (SSSR count). The Hall–Kier alpha value is -0.0800. The number of hydrogen-bond donors (Lipinski definition) is 1. The summed E-state index contributed by atoms with van der Waals surface area (Å²) in [5, 5.41) is 3.62. The van der Waals surface area contributed by atoms with E-state index in [1.165, 1.54) is 64.6 Å². The zero-order chi connectivity index (χ0) is 13.0. The van der Waals surface area contributed by atoms with E-state index in [2.05, 4.69) is 31.1 Å². The van der Waals surface area contributed by atoms with Crippen LogP contribution in [0.5, 0.6) is 0 Å². The van der Waals surface area contributed by atoms with Crippen LogP contribution in [0, 0.1) is 11.3 Å².